The van der Waals surface area contributed by atoms with E-state index in [1.807, 2.05) is 0 Å². The fourth-order valence-corrected chi connectivity index (χ4v) is 12.6. The zero-order valence-corrected chi connectivity index (χ0v) is 61.8. The molecule has 0 heterocycles. The van der Waals surface area contributed by atoms with Crippen LogP contribution in [0, 0.1) is 17.8 Å². The summed E-state index contributed by atoms with van der Waals surface area (Å²) in [6.07, 6.45) is 48.5. The molecule has 19 heteroatoms. The van der Waals surface area contributed by atoms with Crippen molar-refractivity contribution in [3.8, 4) is 0 Å². The maximum absolute atomic E-state index is 13.1. The quantitative estimate of drug-likeness (QED) is 0.0222. The Morgan fingerprint density at radius 3 is 0.826 bits per heavy atom. The number of phosphoric ester groups is 2. The van der Waals surface area contributed by atoms with Crippen molar-refractivity contribution < 1.29 is 80.2 Å². The minimum atomic E-state index is -4.95. The van der Waals surface area contributed by atoms with Gasteiger partial charge in [0.15, 0.2) is 12.2 Å². The van der Waals surface area contributed by atoms with E-state index in [4.69, 9.17) is 37.0 Å². The Balaban J connectivity index is 5.21. The second-order valence-corrected chi connectivity index (χ2v) is 30.2. The summed E-state index contributed by atoms with van der Waals surface area (Å²) >= 11 is 0. The van der Waals surface area contributed by atoms with Crippen LogP contribution in [0.2, 0.25) is 0 Å². The highest BCUT2D eigenvalue weighted by molar-refractivity contribution is 7.47. The lowest BCUT2D eigenvalue weighted by Crippen LogP contribution is -2.30. The molecule has 0 bridgehead atoms. The van der Waals surface area contributed by atoms with E-state index in [9.17, 15) is 43.2 Å². The Bertz CT molecular complexity index is 1810. The number of ether oxygens (including phenoxy) is 4. The van der Waals surface area contributed by atoms with Gasteiger partial charge in [0, 0.05) is 25.7 Å². The average molecular weight is 1350 g/mol. The van der Waals surface area contributed by atoms with Crippen LogP contribution in [0.1, 0.15) is 370 Å². The van der Waals surface area contributed by atoms with Crippen LogP contribution in [0.5, 0.6) is 0 Å². The molecule has 0 radical (unpaired) electrons. The highest BCUT2D eigenvalue weighted by Crippen LogP contribution is 2.45. The van der Waals surface area contributed by atoms with Gasteiger partial charge in [-0.2, -0.15) is 0 Å². The normalized spacial score (nSPS) is 14.7. The van der Waals surface area contributed by atoms with Crippen molar-refractivity contribution in [1.29, 1.82) is 0 Å². The minimum Gasteiger partial charge on any atom is -0.462 e. The topological polar surface area (TPSA) is 237 Å². The fourth-order valence-electron chi connectivity index (χ4n) is 11.0. The first-order chi connectivity index (χ1) is 44.3. The van der Waals surface area contributed by atoms with Gasteiger partial charge in [-0.05, 0) is 43.4 Å². The van der Waals surface area contributed by atoms with Gasteiger partial charge in [-0.25, -0.2) is 9.13 Å². The van der Waals surface area contributed by atoms with Crippen molar-refractivity contribution in [2.24, 2.45) is 17.8 Å². The number of hydrogen-bond acceptors (Lipinski definition) is 15. The van der Waals surface area contributed by atoms with E-state index in [2.05, 4.69) is 48.5 Å². The van der Waals surface area contributed by atoms with Crippen LogP contribution < -0.4 is 0 Å². The number of phosphoric acid groups is 2. The number of aliphatic hydroxyl groups is 1. The zero-order valence-electron chi connectivity index (χ0n) is 60.0. The second kappa shape index (κ2) is 63.8. The molecule has 0 amide bonds. The molecule has 0 saturated heterocycles. The molecule has 4 unspecified atom stereocenters. The van der Waals surface area contributed by atoms with Crippen molar-refractivity contribution in [3.05, 3.63) is 0 Å². The van der Waals surface area contributed by atoms with Crippen LogP contribution in [0.25, 0.3) is 0 Å². The molecule has 17 nitrogen and oxygen atoms in total. The number of rotatable bonds is 71. The lowest BCUT2D eigenvalue weighted by atomic mass is 9.99. The smallest absolute Gasteiger partial charge is 0.462 e. The van der Waals surface area contributed by atoms with Gasteiger partial charge in [-0.3, -0.25) is 37.3 Å². The molecule has 0 saturated carbocycles. The molecular weight excluding hydrogens is 1210 g/mol. The molecule has 3 N–H and O–H groups in total. The third kappa shape index (κ3) is 64.1. The van der Waals surface area contributed by atoms with Gasteiger partial charge in [0.1, 0.15) is 19.3 Å². The van der Waals surface area contributed by atoms with Gasteiger partial charge >= 0.3 is 39.5 Å². The van der Waals surface area contributed by atoms with Crippen LogP contribution in [-0.4, -0.2) is 96.7 Å². The number of unbranched alkanes of at least 4 members (excludes halogenated alkanes) is 37. The van der Waals surface area contributed by atoms with Crippen LogP contribution in [0.4, 0.5) is 0 Å². The van der Waals surface area contributed by atoms with Crippen molar-refractivity contribution in [2.45, 2.75) is 388 Å². The molecule has 0 fully saturated rings. The molecule has 0 rings (SSSR count). The Hall–Kier alpha value is -1.94. The number of hydrogen-bond donors (Lipinski definition) is 3. The molecule has 0 aliphatic rings. The first kappa shape index (κ1) is 90.1. The standard InChI is InChI=1S/C73H142O17P2/c1-8-11-12-13-30-40-47-54-70(75)83-60-68(89-73(78)57-50-43-36-29-22-20-24-31-37-44-51-64(4)5)62-87-91(79,80)85-58-67(74)59-86-92(81,82)88-63-69(61-84-71(76)55-48-41-34-27-23-21-26-33-39-46-53-66(7)10-3)90-72(77)56-49-42-35-28-19-17-15-14-16-18-25-32-38-45-52-65(6)9-2/h64-69,74H,8-63H2,1-7H3,(H,79,80)(H,81,82)/t65?,66?,67-,68+,69+/m0/s1. The van der Waals surface area contributed by atoms with E-state index in [1.165, 1.54) is 167 Å². The maximum Gasteiger partial charge on any atom is 0.472 e. The summed E-state index contributed by atoms with van der Waals surface area (Å²) in [7, 11) is -9.90. The van der Waals surface area contributed by atoms with Crippen LogP contribution >= 0.6 is 15.6 Å². The van der Waals surface area contributed by atoms with E-state index in [-0.39, 0.29) is 25.7 Å². The lowest BCUT2D eigenvalue weighted by molar-refractivity contribution is -0.161. The van der Waals surface area contributed by atoms with Gasteiger partial charge in [-0.15, -0.1) is 0 Å². The van der Waals surface area contributed by atoms with Gasteiger partial charge in [0.25, 0.3) is 0 Å². The minimum absolute atomic E-state index is 0.105. The van der Waals surface area contributed by atoms with Crippen LogP contribution in [0.15, 0.2) is 0 Å². The molecule has 92 heavy (non-hydrogen) atoms. The number of esters is 4. The predicted molar refractivity (Wildman–Crippen MR) is 372 cm³/mol. The summed E-state index contributed by atoms with van der Waals surface area (Å²) in [6.45, 7) is 11.9. The van der Waals surface area contributed by atoms with E-state index < -0.39 is 97.5 Å². The van der Waals surface area contributed by atoms with Crippen LogP contribution in [-0.2, 0) is 65.4 Å². The van der Waals surface area contributed by atoms with Crippen molar-refractivity contribution >= 4 is 39.5 Å². The van der Waals surface area contributed by atoms with Gasteiger partial charge < -0.3 is 33.8 Å². The summed E-state index contributed by atoms with van der Waals surface area (Å²) in [6, 6.07) is 0. The molecule has 0 aliphatic carbocycles. The Kier molecular flexibility index (Phi) is 62.4. The maximum atomic E-state index is 13.1. The predicted octanol–water partition coefficient (Wildman–Crippen LogP) is 21.0. The number of aliphatic hydroxyl groups excluding tert-OH is 1. The van der Waals surface area contributed by atoms with E-state index in [1.54, 1.807) is 0 Å². The summed E-state index contributed by atoms with van der Waals surface area (Å²) in [4.78, 5) is 72.6. The van der Waals surface area contributed by atoms with Crippen molar-refractivity contribution in [2.75, 3.05) is 39.6 Å². The first-order valence-corrected chi connectivity index (χ1v) is 40.9. The SMILES string of the molecule is CCCCCCCCCC(=O)OC[C@H](COP(=O)(O)OC[C@H](O)COP(=O)(O)OC[C@@H](COC(=O)CCCCCCCCCCCCC(C)CC)OC(=O)CCCCCCCCCCCCCCCCC(C)CC)OC(=O)CCCCCCCCCCCCC(C)C. The van der Waals surface area contributed by atoms with Gasteiger partial charge in [0.2, 0.25) is 0 Å². The zero-order chi connectivity index (χ0) is 68.0. The van der Waals surface area contributed by atoms with Crippen molar-refractivity contribution in [3.63, 3.8) is 0 Å². The number of carbonyl (C=O) groups excluding carboxylic acids is 4. The Morgan fingerprint density at radius 2 is 0.554 bits per heavy atom. The highest BCUT2D eigenvalue weighted by Gasteiger charge is 2.30. The molecular formula is C73H142O17P2. The Morgan fingerprint density at radius 1 is 0.315 bits per heavy atom. The van der Waals surface area contributed by atoms with Gasteiger partial charge in [-0.1, -0.05) is 318 Å². The summed E-state index contributed by atoms with van der Waals surface area (Å²) in [5, 5.41) is 10.6. The summed E-state index contributed by atoms with van der Waals surface area (Å²) < 4.78 is 68.3. The molecule has 7 atom stereocenters. The molecule has 0 aromatic heterocycles. The third-order valence-electron chi connectivity index (χ3n) is 17.6. The highest BCUT2D eigenvalue weighted by atomic mass is 31.2. The van der Waals surface area contributed by atoms with E-state index in [0.717, 1.165) is 120 Å². The largest absolute Gasteiger partial charge is 0.472 e. The Labute approximate surface area is 562 Å². The average Bonchev–Trinajstić information content (AvgIpc) is 2.86. The monoisotopic (exact) mass is 1350 g/mol. The molecule has 0 aromatic rings. The molecule has 0 aliphatic heterocycles. The molecule has 0 aromatic carbocycles. The third-order valence-corrected chi connectivity index (χ3v) is 19.5. The van der Waals surface area contributed by atoms with Crippen molar-refractivity contribution in [1.82, 2.24) is 0 Å². The molecule has 0 spiro atoms. The number of carbonyl (C=O) groups is 4. The van der Waals surface area contributed by atoms with E-state index in [0.29, 0.717) is 25.7 Å². The summed E-state index contributed by atoms with van der Waals surface area (Å²) in [5.74, 6) is 0.282. The second-order valence-electron chi connectivity index (χ2n) is 27.3. The van der Waals surface area contributed by atoms with E-state index >= 15 is 0 Å². The molecule has 546 valence electrons. The summed E-state index contributed by atoms with van der Waals surface area (Å²) in [5.41, 5.74) is 0. The van der Waals surface area contributed by atoms with Gasteiger partial charge in [0.05, 0.1) is 26.4 Å². The van der Waals surface area contributed by atoms with Crippen LogP contribution in [0.3, 0.4) is 0 Å². The lowest BCUT2D eigenvalue weighted by Gasteiger charge is -2.21. The first-order valence-electron chi connectivity index (χ1n) is 37.9. The fraction of sp³-hybridized carbons (Fsp3) is 0.945.